The van der Waals surface area contributed by atoms with E-state index in [0.29, 0.717) is 17.1 Å². The molecule has 0 aliphatic rings. The maximum absolute atomic E-state index is 11.7. The first-order chi connectivity index (χ1) is 13.4. The Labute approximate surface area is 168 Å². The maximum Gasteiger partial charge on any atom is 0.353 e. The minimum atomic E-state index is -0.547. The number of carbonyl (C=O) groups excluding carboxylic acids is 1. The second kappa shape index (κ2) is 8.44. The highest BCUT2D eigenvalue weighted by atomic mass is 79.9. The molecule has 0 saturated heterocycles. The van der Waals surface area contributed by atoms with Crippen LogP contribution >= 0.6 is 15.9 Å². The molecule has 2 aromatic carbocycles. The Bertz CT molecular complexity index is 1030. The van der Waals surface area contributed by atoms with Gasteiger partial charge in [0.2, 0.25) is 17.5 Å². The SMILES string of the molecule is CC(=O)Nc1ccc(Nc2ncnc(Nc3cccc(Br)c3)c2[N+](=O)[O-])cc1. The fraction of sp³-hybridized carbons (Fsp3) is 0.0556. The van der Waals surface area contributed by atoms with E-state index in [4.69, 9.17) is 0 Å². The number of carbonyl (C=O) groups is 1. The van der Waals surface area contributed by atoms with Gasteiger partial charge in [-0.2, -0.15) is 0 Å². The summed E-state index contributed by atoms with van der Waals surface area (Å²) in [7, 11) is 0. The van der Waals surface area contributed by atoms with Crippen molar-refractivity contribution in [1.29, 1.82) is 0 Å². The third-order valence-electron chi connectivity index (χ3n) is 3.56. The number of amides is 1. The second-order valence-electron chi connectivity index (χ2n) is 5.70. The molecular formula is C18H15BrN6O3. The summed E-state index contributed by atoms with van der Waals surface area (Å²) in [6, 6.07) is 13.9. The van der Waals surface area contributed by atoms with Crippen LogP contribution in [0.4, 0.5) is 34.4 Å². The Morgan fingerprint density at radius 2 is 1.61 bits per heavy atom. The van der Waals surface area contributed by atoms with Crippen molar-refractivity contribution in [3.8, 4) is 0 Å². The number of nitro groups is 1. The first-order valence-electron chi connectivity index (χ1n) is 8.09. The largest absolute Gasteiger partial charge is 0.353 e. The number of rotatable bonds is 6. The van der Waals surface area contributed by atoms with Crippen LogP contribution in [-0.4, -0.2) is 20.8 Å². The van der Waals surface area contributed by atoms with Gasteiger partial charge >= 0.3 is 5.69 Å². The molecule has 0 radical (unpaired) electrons. The molecule has 142 valence electrons. The van der Waals surface area contributed by atoms with Crippen molar-refractivity contribution in [3.05, 3.63) is 69.4 Å². The molecule has 3 N–H and O–H groups in total. The summed E-state index contributed by atoms with van der Waals surface area (Å²) in [5.74, 6) is -0.0735. The summed E-state index contributed by atoms with van der Waals surface area (Å²) in [5, 5.41) is 20.2. The average Bonchev–Trinajstić information content (AvgIpc) is 2.63. The molecule has 0 atom stereocenters. The minimum absolute atomic E-state index is 0.0461. The summed E-state index contributed by atoms with van der Waals surface area (Å²) < 4.78 is 0.826. The lowest BCUT2D eigenvalue weighted by atomic mass is 10.2. The van der Waals surface area contributed by atoms with E-state index in [-0.39, 0.29) is 23.2 Å². The van der Waals surface area contributed by atoms with Gasteiger partial charge in [-0.25, -0.2) is 9.97 Å². The summed E-state index contributed by atoms with van der Waals surface area (Å²) in [6.45, 7) is 1.41. The van der Waals surface area contributed by atoms with Crippen LogP contribution in [0.3, 0.4) is 0 Å². The molecule has 0 aliphatic heterocycles. The number of anilines is 5. The lowest BCUT2D eigenvalue weighted by molar-refractivity contribution is -0.383. The van der Waals surface area contributed by atoms with Crippen molar-refractivity contribution in [2.75, 3.05) is 16.0 Å². The highest BCUT2D eigenvalue weighted by Gasteiger charge is 2.23. The standard InChI is InChI=1S/C18H15BrN6O3/c1-11(26)22-13-5-7-14(8-6-13)23-17-16(25(27)28)18(21-10-20-17)24-15-4-2-3-12(19)9-15/h2-10H,1H3,(H,22,26)(H2,20,21,23,24). The molecule has 0 saturated carbocycles. The first kappa shape index (κ1) is 19.2. The molecule has 0 fully saturated rings. The fourth-order valence-electron chi connectivity index (χ4n) is 2.41. The Morgan fingerprint density at radius 3 is 2.18 bits per heavy atom. The highest BCUT2D eigenvalue weighted by molar-refractivity contribution is 9.10. The molecule has 10 heteroatoms. The van der Waals surface area contributed by atoms with Crippen LogP contribution in [0.2, 0.25) is 0 Å². The Balaban J connectivity index is 1.89. The predicted molar refractivity (Wildman–Crippen MR) is 110 cm³/mol. The molecule has 1 aromatic heterocycles. The topological polar surface area (TPSA) is 122 Å². The number of aromatic nitrogens is 2. The highest BCUT2D eigenvalue weighted by Crippen LogP contribution is 2.33. The zero-order valence-electron chi connectivity index (χ0n) is 14.6. The first-order valence-corrected chi connectivity index (χ1v) is 8.88. The number of halogens is 1. The Morgan fingerprint density at radius 1 is 1.00 bits per heavy atom. The van der Waals surface area contributed by atoms with Gasteiger partial charge in [0, 0.05) is 28.5 Å². The van der Waals surface area contributed by atoms with Gasteiger partial charge in [-0.3, -0.25) is 14.9 Å². The fourth-order valence-corrected chi connectivity index (χ4v) is 2.81. The van der Waals surface area contributed by atoms with Crippen molar-refractivity contribution in [1.82, 2.24) is 9.97 Å². The van der Waals surface area contributed by atoms with Crippen LogP contribution in [0.5, 0.6) is 0 Å². The van der Waals surface area contributed by atoms with Crippen molar-refractivity contribution < 1.29 is 9.72 Å². The molecule has 0 unspecified atom stereocenters. The van der Waals surface area contributed by atoms with Crippen molar-refractivity contribution >= 4 is 56.2 Å². The Hall–Kier alpha value is -3.53. The van der Waals surface area contributed by atoms with E-state index in [0.717, 1.165) is 4.47 Å². The molecule has 0 spiro atoms. The normalized spacial score (nSPS) is 10.2. The van der Waals surface area contributed by atoms with Crippen LogP contribution in [0.25, 0.3) is 0 Å². The summed E-state index contributed by atoms with van der Waals surface area (Å²) in [6.07, 6.45) is 1.24. The van der Waals surface area contributed by atoms with Gasteiger partial charge in [-0.1, -0.05) is 22.0 Å². The second-order valence-corrected chi connectivity index (χ2v) is 6.61. The number of hydrogen-bond acceptors (Lipinski definition) is 7. The van der Waals surface area contributed by atoms with Crippen LogP contribution in [-0.2, 0) is 4.79 Å². The molecule has 3 aromatic rings. The molecular weight excluding hydrogens is 428 g/mol. The predicted octanol–water partition coefficient (Wildman–Crippen LogP) is 4.59. The van der Waals surface area contributed by atoms with E-state index < -0.39 is 4.92 Å². The van der Waals surface area contributed by atoms with Gasteiger partial charge in [0.1, 0.15) is 6.33 Å². The zero-order valence-corrected chi connectivity index (χ0v) is 16.2. The van der Waals surface area contributed by atoms with Crippen molar-refractivity contribution in [2.24, 2.45) is 0 Å². The minimum Gasteiger partial charge on any atom is -0.334 e. The zero-order chi connectivity index (χ0) is 20.1. The van der Waals surface area contributed by atoms with Gasteiger partial charge in [0.05, 0.1) is 4.92 Å². The van der Waals surface area contributed by atoms with Gasteiger partial charge in [0.25, 0.3) is 0 Å². The summed E-state index contributed by atoms with van der Waals surface area (Å²) in [4.78, 5) is 30.2. The van der Waals surface area contributed by atoms with Gasteiger partial charge < -0.3 is 16.0 Å². The van der Waals surface area contributed by atoms with Crippen LogP contribution in [0.15, 0.2) is 59.3 Å². The molecule has 28 heavy (non-hydrogen) atoms. The van der Waals surface area contributed by atoms with Crippen LogP contribution in [0, 0.1) is 10.1 Å². The number of hydrogen-bond donors (Lipinski definition) is 3. The molecule has 1 amide bonds. The van der Waals surface area contributed by atoms with E-state index in [1.807, 2.05) is 6.07 Å². The van der Waals surface area contributed by atoms with Crippen LogP contribution < -0.4 is 16.0 Å². The van der Waals surface area contributed by atoms with Crippen LogP contribution in [0.1, 0.15) is 6.92 Å². The quantitative estimate of drug-likeness (QED) is 0.376. The van der Waals surface area contributed by atoms with E-state index in [1.165, 1.54) is 13.3 Å². The molecule has 0 bridgehead atoms. The van der Waals surface area contributed by atoms with Gasteiger partial charge in [-0.05, 0) is 42.5 Å². The molecule has 9 nitrogen and oxygen atoms in total. The molecule has 0 aliphatic carbocycles. The number of nitrogens with zero attached hydrogens (tertiary/aromatic N) is 3. The summed E-state index contributed by atoms with van der Waals surface area (Å²) in [5.41, 5.74) is 1.55. The Kier molecular flexibility index (Phi) is 5.80. The van der Waals surface area contributed by atoms with E-state index >= 15 is 0 Å². The summed E-state index contributed by atoms with van der Waals surface area (Å²) >= 11 is 3.36. The van der Waals surface area contributed by atoms with E-state index in [1.54, 1.807) is 42.5 Å². The number of nitrogens with one attached hydrogen (secondary N) is 3. The van der Waals surface area contributed by atoms with Crippen molar-refractivity contribution in [2.45, 2.75) is 6.92 Å². The average molecular weight is 443 g/mol. The van der Waals surface area contributed by atoms with Gasteiger partial charge in [-0.15, -0.1) is 0 Å². The third kappa shape index (κ3) is 4.80. The smallest absolute Gasteiger partial charge is 0.334 e. The third-order valence-corrected chi connectivity index (χ3v) is 4.05. The lowest BCUT2D eigenvalue weighted by Crippen LogP contribution is -2.06. The number of benzene rings is 2. The monoisotopic (exact) mass is 442 g/mol. The van der Waals surface area contributed by atoms with E-state index in [9.17, 15) is 14.9 Å². The lowest BCUT2D eigenvalue weighted by Gasteiger charge is -2.11. The maximum atomic E-state index is 11.7. The molecule has 1 heterocycles. The van der Waals surface area contributed by atoms with Crippen molar-refractivity contribution in [3.63, 3.8) is 0 Å². The van der Waals surface area contributed by atoms with E-state index in [2.05, 4.69) is 41.8 Å². The van der Waals surface area contributed by atoms with Gasteiger partial charge in [0.15, 0.2) is 0 Å². The molecule has 3 rings (SSSR count).